The third-order valence-corrected chi connectivity index (χ3v) is 4.64. The van der Waals surface area contributed by atoms with Crippen LogP contribution in [0.2, 0.25) is 0 Å². The van der Waals surface area contributed by atoms with Crippen LogP contribution in [0.15, 0.2) is 54.7 Å². The highest BCUT2D eigenvalue weighted by Crippen LogP contribution is 2.30. The molecule has 1 aliphatic heterocycles. The molecule has 0 unspecified atom stereocenters. The standard InChI is InChI=1S/C21H26N2O2/c24-21(13-8-16-25-17-18-9-2-1-3-10-18)23-15-7-5-12-20(23)19-11-4-6-14-22-19/h1-4,6,9-11,14,20H,5,7-8,12-13,15-17H2/t20-/m0/s1. The fraction of sp³-hybridized carbons (Fsp3) is 0.429. The molecule has 0 saturated carbocycles. The van der Waals surface area contributed by atoms with Gasteiger partial charge in [0.05, 0.1) is 18.3 Å². The Morgan fingerprint density at radius 3 is 2.76 bits per heavy atom. The third kappa shape index (κ3) is 5.13. The molecule has 1 aromatic heterocycles. The van der Waals surface area contributed by atoms with Gasteiger partial charge in [-0.3, -0.25) is 9.78 Å². The summed E-state index contributed by atoms with van der Waals surface area (Å²) < 4.78 is 5.69. The van der Waals surface area contributed by atoms with Gasteiger partial charge < -0.3 is 9.64 Å². The van der Waals surface area contributed by atoms with Crippen LogP contribution in [-0.4, -0.2) is 28.9 Å². The van der Waals surface area contributed by atoms with Gasteiger partial charge in [0.15, 0.2) is 0 Å². The molecule has 1 aromatic carbocycles. The quantitative estimate of drug-likeness (QED) is 0.713. The number of piperidine rings is 1. The van der Waals surface area contributed by atoms with E-state index in [9.17, 15) is 4.79 Å². The minimum atomic E-state index is 0.132. The second-order valence-corrected chi connectivity index (χ2v) is 6.50. The highest BCUT2D eigenvalue weighted by molar-refractivity contribution is 5.76. The van der Waals surface area contributed by atoms with Crippen LogP contribution in [0.3, 0.4) is 0 Å². The fourth-order valence-corrected chi connectivity index (χ4v) is 3.34. The molecule has 1 aliphatic rings. The van der Waals surface area contributed by atoms with Crippen molar-refractivity contribution in [3.05, 3.63) is 66.0 Å². The summed E-state index contributed by atoms with van der Waals surface area (Å²) in [5.74, 6) is 0.221. The number of amides is 1. The first-order valence-electron chi connectivity index (χ1n) is 9.16. The first kappa shape index (κ1) is 17.6. The second kappa shape index (κ2) is 9.33. The summed E-state index contributed by atoms with van der Waals surface area (Å²) in [5.41, 5.74) is 2.18. The average molecular weight is 338 g/mol. The van der Waals surface area contributed by atoms with E-state index in [0.717, 1.165) is 37.9 Å². The topological polar surface area (TPSA) is 42.4 Å². The summed E-state index contributed by atoms with van der Waals surface area (Å²) in [7, 11) is 0. The lowest BCUT2D eigenvalue weighted by Crippen LogP contribution is -2.38. The Morgan fingerprint density at radius 1 is 1.12 bits per heavy atom. The molecule has 0 bridgehead atoms. The molecular formula is C21H26N2O2. The molecule has 1 atom stereocenters. The van der Waals surface area contributed by atoms with Crippen molar-refractivity contribution < 1.29 is 9.53 Å². The second-order valence-electron chi connectivity index (χ2n) is 6.50. The molecule has 1 fully saturated rings. The molecule has 25 heavy (non-hydrogen) atoms. The zero-order valence-electron chi connectivity index (χ0n) is 14.6. The van der Waals surface area contributed by atoms with Gasteiger partial charge in [-0.25, -0.2) is 0 Å². The van der Waals surface area contributed by atoms with E-state index in [2.05, 4.69) is 17.1 Å². The monoisotopic (exact) mass is 338 g/mol. The molecule has 4 heteroatoms. The van der Waals surface area contributed by atoms with Crippen LogP contribution >= 0.6 is 0 Å². The Morgan fingerprint density at radius 2 is 1.96 bits per heavy atom. The molecular weight excluding hydrogens is 312 g/mol. The zero-order chi connectivity index (χ0) is 17.3. The Labute approximate surface area is 149 Å². The van der Waals surface area contributed by atoms with Crippen molar-refractivity contribution >= 4 is 5.91 Å². The van der Waals surface area contributed by atoms with E-state index in [1.807, 2.05) is 47.5 Å². The summed E-state index contributed by atoms with van der Waals surface area (Å²) >= 11 is 0. The highest BCUT2D eigenvalue weighted by Gasteiger charge is 2.28. The number of carbonyl (C=O) groups is 1. The van der Waals surface area contributed by atoms with Crippen molar-refractivity contribution in [2.24, 2.45) is 0 Å². The first-order valence-corrected chi connectivity index (χ1v) is 9.16. The fourth-order valence-electron chi connectivity index (χ4n) is 3.34. The van der Waals surface area contributed by atoms with Crippen molar-refractivity contribution in [1.29, 1.82) is 0 Å². The van der Waals surface area contributed by atoms with Gasteiger partial charge in [0.1, 0.15) is 0 Å². The largest absolute Gasteiger partial charge is 0.377 e. The average Bonchev–Trinajstić information content (AvgIpc) is 2.69. The first-order chi connectivity index (χ1) is 12.3. The van der Waals surface area contributed by atoms with Crippen molar-refractivity contribution in [1.82, 2.24) is 9.88 Å². The molecule has 0 spiro atoms. The van der Waals surface area contributed by atoms with Crippen molar-refractivity contribution in [2.45, 2.75) is 44.8 Å². The molecule has 0 radical (unpaired) electrons. The number of pyridine rings is 1. The summed E-state index contributed by atoms with van der Waals surface area (Å²) in [6.07, 6.45) is 6.36. The van der Waals surface area contributed by atoms with Crippen LogP contribution < -0.4 is 0 Å². The van der Waals surface area contributed by atoms with Crippen LogP contribution in [-0.2, 0) is 16.1 Å². The van der Waals surface area contributed by atoms with Gasteiger partial charge in [-0.1, -0.05) is 36.4 Å². The predicted octanol–water partition coefficient (Wildman–Crippen LogP) is 4.13. The Kier molecular flexibility index (Phi) is 6.57. The maximum Gasteiger partial charge on any atom is 0.223 e. The van der Waals surface area contributed by atoms with E-state index in [4.69, 9.17) is 4.74 Å². The highest BCUT2D eigenvalue weighted by atomic mass is 16.5. The minimum absolute atomic E-state index is 0.132. The molecule has 4 nitrogen and oxygen atoms in total. The van der Waals surface area contributed by atoms with Crippen molar-refractivity contribution in [2.75, 3.05) is 13.2 Å². The minimum Gasteiger partial charge on any atom is -0.377 e. The number of benzene rings is 1. The molecule has 132 valence electrons. The van der Waals surface area contributed by atoms with Gasteiger partial charge in [-0.15, -0.1) is 0 Å². The van der Waals surface area contributed by atoms with Gasteiger partial charge in [0, 0.05) is 25.8 Å². The molecule has 0 N–H and O–H groups in total. The molecule has 2 heterocycles. The number of hydrogen-bond acceptors (Lipinski definition) is 3. The number of nitrogens with zero attached hydrogens (tertiary/aromatic N) is 2. The van der Waals surface area contributed by atoms with Crippen LogP contribution in [0.5, 0.6) is 0 Å². The van der Waals surface area contributed by atoms with E-state index in [-0.39, 0.29) is 11.9 Å². The molecule has 1 amide bonds. The smallest absolute Gasteiger partial charge is 0.223 e. The Hall–Kier alpha value is -2.20. The van der Waals surface area contributed by atoms with Crippen LogP contribution in [0.1, 0.15) is 49.4 Å². The van der Waals surface area contributed by atoms with Crippen LogP contribution in [0.4, 0.5) is 0 Å². The van der Waals surface area contributed by atoms with Gasteiger partial charge in [0.25, 0.3) is 0 Å². The van der Waals surface area contributed by atoms with Gasteiger partial charge in [0.2, 0.25) is 5.91 Å². The number of aromatic nitrogens is 1. The lowest BCUT2D eigenvalue weighted by atomic mass is 9.98. The number of rotatable bonds is 7. The molecule has 2 aromatic rings. The maximum absolute atomic E-state index is 12.7. The van der Waals surface area contributed by atoms with E-state index >= 15 is 0 Å². The van der Waals surface area contributed by atoms with E-state index in [1.165, 1.54) is 5.56 Å². The van der Waals surface area contributed by atoms with Crippen LogP contribution in [0, 0.1) is 0 Å². The molecule has 3 rings (SSSR count). The normalized spacial score (nSPS) is 17.4. The lowest BCUT2D eigenvalue weighted by Gasteiger charge is -2.35. The number of ether oxygens (including phenoxy) is 1. The Balaban J connectivity index is 1.45. The van der Waals surface area contributed by atoms with Crippen molar-refractivity contribution in [3.8, 4) is 0 Å². The van der Waals surface area contributed by atoms with E-state index in [1.54, 1.807) is 0 Å². The molecule has 1 saturated heterocycles. The predicted molar refractivity (Wildman–Crippen MR) is 97.9 cm³/mol. The molecule has 0 aliphatic carbocycles. The van der Waals surface area contributed by atoms with Gasteiger partial charge >= 0.3 is 0 Å². The summed E-state index contributed by atoms with van der Waals surface area (Å²) in [6.45, 7) is 2.06. The number of carbonyl (C=O) groups excluding carboxylic acids is 1. The number of likely N-dealkylation sites (tertiary alicyclic amines) is 1. The summed E-state index contributed by atoms with van der Waals surface area (Å²) in [6, 6.07) is 16.2. The Bertz CT molecular complexity index is 645. The van der Waals surface area contributed by atoms with Crippen LogP contribution in [0.25, 0.3) is 0 Å². The van der Waals surface area contributed by atoms with Gasteiger partial charge in [-0.2, -0.15) is 0 Å². The van der Waals surface area contributed by atoms with E-state index in [0.29, 0.717) is 19.6 Å². The maximum atomic E-state index is 12.7. The van der Waals surface area contributed by atoms with Crippen molar-refractivity contribution in [3.63, 3.8) is 0 Å². The third-order valence-electron chi connectivity index (χ3n) is 4.64. The summed E-state index contributed by atoms with van der Waals surface area (Å²) in [4.78, 5) is 19.1. The van der Waals surface area contributed by atoms with E-state index < -0.39 is 0 Å². The lowest BCUT2D eigenvalue weighted by molar-refractivity contribution is -0.135. The zero-order valence-corrected chi connectivity index (χ0v) is 14.6. The SMILES string of the molecule is O=C(CCCOCc1ccccc1)N1CCCC[C@H]1c1ccccn1. The summed E-state index contributed by atoms with van der Waals surface area (Å²) in [5, 5.41) is 0. The number of hydrogen-bond donors (Lipinski definition) is 0. The van der Waals surface area contributed by atoms with Gasteiger partial charge in [-0.05, 0) is 43.4 Å².